The number of rotatable bonds is 4. The van der Waals surface area contributed by atoms with E-state index in [9.17, 15) is 8.42 Å². The van der Waals surface area contributed by atoms with Gasteiger partial charge >= 0.3 is 0 Å². The summed E-state index contributed by atoms with van der Waals surface area (Å²) in [7, 11) is -3.81. The summed E-state index contributed by atoms with van der Waals surface area (Å²) in [5.41, 5.74) is 7.49. The largest absolute Gasteiger partial charge is 0.382 e. The number of hydrogen-bond donors (Lipinski definition) is 4. The highest BCUT2D eigenvalue weighted by Crippen LogP contribution is 2.13. The SMILES string of the molecule is N#C/C(=N\Nc1cccc(S(N)(=O)=O)c1)C(=N)N. The van der Waals surface area contributed by atoms with Gasteiger partial charge in [0.25, 0.3) is 0 Å². The standard InChI is InChI=1S/C9H10N6O2S/c10-5-8(9(11)12)15-14-6-2-1-3-7(4-6)18(13,16)17/h1-4,14H,(H3,11,12)(H2,13,16,17)/b15-8+. The van der Waals surface area contributed by atoms with E-state index in [1.54, 1.807) is 6.07 Å². The van der Waals surface area contributed by atoms with Crippen molar-refractivity contribution in [2.45, 2.75) is 4.90 Å². The van der Waals surface area contributed by atoms with E-state index >= 15 is 0 Å². The quantitative estimate of drug-likeness (QED) is 0.330. The average Bonchev–Trinajstić information content (AvgIpc) is 2.28. The Morgan fingerprint density at radius 1 is 1.50 bits per heavy atom. The molecule has 0 radical (unpaired) electrons. The van der Waals surface area contributed by atoms with E-state index in [0.29, 0.717) is 5.69 Å². The van der Waals surface area contributed by atoms with Crippen molar-refractivity contribution in [3.8, 4) is 6.07 Å². The molecule has 1 aromatic rings. The molecule has 0 unspecified atom stereocenters. The van der Waals surface area contributed by atoms with Crippen molar-refractivity contribution in [2.75, 3.05) is 5.43 Å². The summed E-state index contributed by atoms with van der Waals surface area (Å²) in [6.45, 7) is 0. The number of hydrogen-bond acceptors (Lipinski definition) is 6. The average molecular weight is 266 g/mol. The second-order valence-corrected chi connectivity index (χ2v) is 4.73. The molecule has 94 valence electrons. The van der Waals surface area contributed by atoms with Crippen LogP contribution in [-0.4, -0.2) is 20.0 Å². The van der Waals surface area contributed by atoms with E-state index in [1.807, 2.05) is 0 Å². The molecule has 0 heterocycles. The fourth-order valence-electron chi connectivity index (χ4n) is 1.01. The minimum absolute atomic E-state index is 0.0935. The van der Waals surface area contributed by atoms with Crippen molar-refractivity contribution in [3.63, 3.8) is 0 Å². The van der Waals surface area contributed by atoms with Crippen molar-refractivity contribution in [3.05, 3.63) is 24.3 Å². The first-order chi connectivity index (χ1) is 8.34. The van der Waals surface area contributed by atoms with E-state index < -0.39 is 15.9 Å². The molecule has 0 amide bonds. The van der Waals surface area contributed by atoms with Crippen molar-refractivity contribution in [1.29, 1.82) is 10.7 Å². The molecule has 0 saturated carbocycles. The topological polar surface area (TPSA) is 158 Å². The number of anilines is 1. The molecule has 0 saturated heterocycles. The van der Waals surface area contributed by atoms with Crippen molar-refractivity contribution in [1.82, 2.24) is 0 Å². The predicted octanol–water partition coefficient (Wildman–Crippen LogP) is -0.439. The lowest BCUT2D eigenvalue weighted by Gasteiger charge is -2.03. The number of benzene rings is 1. The van der Waals surface area contributed by atoms with Crippen LogP contribution in [0.5, 0.6) is 0 Å². The molecule has 9 heteroatoms. The lowest BCUT2D eigenvalue weighted by Crippen LogP contribution is -2.21. The number of nitrogens with zero attached hydrogens (tertiary/aromatic N) is 2. The summed E-state index contributed by atoms with van der Waals surface area (Å²) in [6, 6.07) is 7.15. The summed E-state index contributed by atoms with van der Waals surface area (Å²) in [6.07, 6.45) is 0. The maximum atomic E-state index is 11.1. The molecule has 0 aliphatic rings. The van der Waals surface area contributed by atoms with Crippen LogP contribution in [0.3, 0.4) is 0 Å². The van der Waals surface area contributed by atoms with Crippen molar-refractivity contribution >= 4 is 27.3 Å². The van der Waals surface area contributed by atoms with Crippen LogP contribution < -0.4 is 16.3 Å². The van der Waals surface area contributed by atoms with Crippen LogP contribution in [0.4, 0.5) is 5.69 Å². The Bertz CT molecular complexity index is 643. The number of primary sulfonamides is 1. The number of sulfonamides is 1. The zero-order chi connectivity index (χ0) is 13.8. The number of nitrogens with one attached hydrogen (secondary N) is 2. The highest BCUT2D eigenvalue weighted by atomic mass is 32.2. The Morgan fingerprint density at radius 3 is 2.67 bits per heavy atom. The fourth-order valence-corrected chi connectivity index (χ4v) is 1.57. The summed E-state index contributed by atoms with van der Waals surface area (Å²) in [4.78, 5) is -0.0935. The van der Waals surface area contributed by atoms with Gasteiger partial charge in [0.05, 0.1) is 10.6 Å². The first-order valence-corrected chi connectivity index (χ1v) is 6.10. The van der Waals surface area contributed by atoms with Gasteiger partial charge in [0.1, 0.15) is 6.07 Å². The van der Waals surface area contributed by atoms with Crippen LogP contribution in [0.25, 0.3) is 0 Å². The van der Waals surface area contributed by atoms with E-state index in [1.165, 1.54) is 24.3 Å². The van der Waals surface area contributed by atoms with Gasteiger partial charge in [-0.15, -0.1) is 0 Å². The van der Waals surface area contributed by atoms with Gasteiger partial charge in [0.15, 0.2) is 5.84 Å². The molecule has 0 aromatic heterocycles. The molecule has 0 aliphatic heterocycles. The monoisotopic (exact) mass is 266 g/mol. The molecule has 18 heavy (non-hydrogen) atoms. The maximum absolute atomic E-state index is 11.1. The highest BCUT2D eigenvalue weighted by Gasteiger charge is 2.08. The summed E-state index contributed by atoms with van der Waals surface area (Å²) in [5, 5.41) is 24.1. The van der Waals surface area contributed by atoms with Crippen LogP contribution in [0.15, 0.2) is 34.3 Å². The van der Waals surface area contributed by atoms with Crippen LogP contribution in [0.1, 0.15) is 0 Å². The smallest absolute Gasteiger partial charge is 0.238 e. The number of nitrogens with two attached hydrogens (primary N) is 2. The Morgan fingerprint density at radius 2 is 2.17 bits per heavy atom. The maximum Gasteiger partial charge on any atom is 0.238 e. The second kappa shape index (κ2) is 5.26. The molecule has 0 atom stereocenters. The van der Waals surface area contributed by atoms with Crippen LogP contribution >= 0.6 is 0 Å². The Hall–Kier alpha value is -2.44. The minimum Gasteiger partial charge on any atom is -0.382 e. The normalized spacial score (nSPS) is 11.7. The molecule has 8 nitrogen and oxygen atoms in total. The van der Waals surface area contributed by atoms with Crippen LogP contribution in [-0.2, 0) is 10.0 Å². The molecule has 0 bridgehead atoms. The van der Waals surface area contributed by atoms with Gasteiger partial charge in [-0.1, -0.05) is 6.07 Å². The van der Waals surface area contributed by atoms with Crippen molar-refractivity contribution in [2.24, 2.45) is 16.0 Å². The van der Waals surface area contributed by atoms with E-state index in [-0.39, 0.29) is 10.6 Å². The summed E-state index contributed by atoms with van der Waals surface area (Å²) in [5.74, 6) is -0.493. The van der Waals surface area contributed by atoms with Gasteiger partial charge in [-0.05, 0) is 18.2 Å². The molecule has 1 aromatic carbocycles. The third-order valence-corrected chi connectivity index (χ3v) is 2.73. The Balaban J connectivity index is 3.01. The molecular formula is C9H10N6O2S. The zero-order valence-electron chi connectivity index (χ0n) is 9.08. The Labute approximate surface area is 103 Å². The van der Waals surface area contributed by atoms with Gasteiger partial charge in [0, 0.05) is 0 Å². The van der Waals surface area contributed by atoms with E-state index in [4.69, 9.17) is 21.5 Å². The first kappa shape index (κ1) is 13.6. The molecule has 1 rings (SSSR count). The lowest BCUT2D eigenvalue weighted by molar-refractivity contribution is 0.598. The van der Waals surface area contributed by atoms with Gasteiger partial charge in [-0.3, -0.25) is 10.8 Å². The Kier molecular flexibility index (Phi) is 3.98. The number of amidine groups is 1. The minimum atomic E-state index is -3.81. The molecule has 0 spiro atoms. The zero-order valence-corrected chi connectivity index (χ0v) is 9.90. The molecule has 0 fully saturated rings. The van der Waals surface area contributed by atoms with E-state index in [0.717, 1.165) is 0 Å². The van der Waals surface area contributed by atoms with Crippen LogP contribution in [0, 0.1) is 16.7 Å². The summed E-state index contributed by atoms with van der Waals surface area (Å²) >= 11 is 0. The third-order valence-electron chi connectivity index (χ3n) is 1.82. The van der Waals surface area contributed by atoms with Gasteiger partial charge < -0.3 is 5.73 Å². The van der Waals surface area contributed by atoms with Crippen LogP contribution in [0.2, 0.25) is 0 Å². The molecular weight excluding hydrogens is 256 g/mol. The van der Waals surface area contributed by atoms with Gasteiger partial charge in [-0.2, -0.15) is 10.4 Å². The van der Waals surface area contributed by atoms with Gasteiger partial charge in [0.2, 0.25) is 15.7 Å². The number of hydrazone groups is 1. The second-order valence-electron chi connectivity index (χ2n) is 3.17. The first-order valence-electron chi connectivity index (χ1n) is 4.55. The predicted molar refractivity (Wildman–Crippen MR) is 66.4 cm³/mol. The van der Waals surface area contributed by atoms with E-state index in [2.05, 4.69) is 10.5 Å². The van der Waals surface area contributed by atoms with Crippen molar-refractivity contribution < 1.29 is 8.42 Å². The third kappa shape index (κ3) is 3.55. The summed E-state index contributed by atoms with van der Waals surface area (Å²) < 4.78 is 22.2. The highest BCUT2D eigenvalue weighted by molar-refractivity contribution is 7.89. The lowest BCUT2D eigenvalue weighted by atomic mass is 10.3. The molecule has 0 aliphatic carbocycles. The fraction of sp³-hybridized carbons (Fsp3) is 0. The van der Waals surface area contributed by atoms with Gasteiger partial charge in [-0.25, -0.2) is 13.6 Å². The molecule has 6 N–H and O–H groups in total. The number of nitriles is 1.